The summed E-state index contributed by atoms with van der Waals surface area (Å²) in [4.78, 5) is 26.2. The van der Waals surface area contributed by atoms with Gasteiger partial charge in [-0.05, 0) is 58.0 Å². The number of carbonyl (C=O) groups excluding carboxylic acids is 2. The van der Waals surface area contributed by atoms with E-state index in [1.54, 1.807) is 18.2 Å². The third-order valence-corrected chi connectivity index (χ3v) is 4.44. The lowest BCUT2D eigenvalue weighted by molar-refractivity contribution is -0.127. The smallest absolute Gasteiger partial charge is 0.238 e. The number of piperidine rings is 1. The van der Waals surface area contributed by atoms with Crippen LogP contribution in [-0.4, -0.2) is 42.4 Å². The number of hydrogen-bond acceptors (Lipinski definition) is 4. The summed E-state index contributed by atoms with van der Waals surface area (Å²) in [6, 6.07) is 6.94. The maximum absolute atomic E-state index is 12.2. The highest BCUT2D eigenvalue weighted by Gasteiger charge is 2.26. The van der Waals surface area contributed by atoms with Crippen molar-refractivity contribution in [1.82, 2.24) is 10.2 Å². The van der Waals surface area contributed by atoms with Crippen LogP contribution in [0.1, 0.15) is 32.3 Å². The van der Waals surface area contributed by atoms with Crippen molar-refractivity contribution in [2.45, 2.75) is 32.7 Å². The lowest BCUT2D eigenvalue weighted by Gasteiger charge is -2.31. The Morgan fingerprint density at radius 3 is 2.60 bits per heavy atom. The van der Waals surface area contributed by atoms with Crippen LogP contribution >= 0.6 is 11.6 Å². The number of anilines is 1. The van der Waals surface area contributed by atoms with Crippen LogP contribution in [0.5, 0.6) is 0 Å². The molecule has 0 spiro atoms. The van der Waals surface area contributed by atoms with Crippen LogP contribution < -0.4 is 10.6 Å². The molecule has 0 saturated carbocycles. The van der Waals surface area contributed by atoms with Crippen LogP contribution in [0, 0.1) is 17.2 Å². The summed E-state index contributed by atoms with van der Waals surface area (Å²) in [6.07, 6.45) is 1.52. The second kappa shape index (κ2) is 8.84. The van der Waals surface area contributed by atoms with Gasteiger partial charge >= 0.3 is 0 Å². The highest BCUT2D eigenvalue weighted by atomic mass is 35.5. The molecule has 0 aliphatic carbocycles. The molecule has 1 aromatic rings. The number of nitrogens with zero attached hydrogens (tertiary/aromatic N) is 2. The lowest BCUT2D eigenvalue weighted by atomic mass is 9.95. The summed E-state index contributed by atoms with van der Waals surface area (Å²) in [5.74, 6) is -0.00349. The second-order valence-electron chi connectivity index (χ2n) is 6.57. The molecule has 0 bridgehead atoms. The van der Waals surface area contributed by atoms with Gasteiger partial charge in [-0.25, -0.2) is 0 Å². The van der Waals surface area contributed by atoms with Crippen molar-refractivity contribution in [3.8, 4) is 6.07 Å². The number of hydrogen-bond donors (Lipinski definition) is 2. The Morgan fingerprint density at radius 1 is 1.36 bits per heavy atom. The summed E-state index contributed by atoms with van der Waals surface area (Å²) in [6.45, 7) is 5.62. The molecule has 0 unspecified atom stereocenters. The molecule has 2 N–H and O–H groups in total. The van der Waals surface area contributed by atoms with E-state index in [0.29, 0.717) is 16.3 Å². The first kappa shape index (κ1) is 19.2. The SMILES string of the molecule is CC(C)NC(=O)C1CCN(CC(=O)Nc2ccc(C#N)c(Cl)c2)CC1. The van der Waals surface area contributed by atoms with Gasteiger partial charge in [-0.2, -0.15) is 5.26 Å². The van der Waals surface area contributed by atoms with Crippen LogP contribution in [-0.2, 0) is 9.59 Å². The van der Waals surface area contributed by atoms with Crippen LogP contribution in [0.2, 0.25) is 5.02 Å². The Kier molecular flexibility index (Phi) is 6.80. The largest absolute Gasteiger partial charge is 0.354 e. The number of nitriles is 1. The third-order valence-electron chi connectivity index (χ3n) is 4.13. The normalized spacial score (nSPS) is 15.6. The van der Waals surface area contributed by atoms with Gasteiger partial charge in [-0.15, -0.1) is 0 Å². The van der Waals surface area contributed by atoms with Crippen molar-refractivity contribution >= 4 is 29.1 Å². The van der Waals surface area contributed by atoms with E-state index in [2.05, 4.69) is 10.6 Å². The Balaban J connectivity index is 1.80. The van der Waals surface area contributed by atoms with Gasteiger partial charge in [0.1, 0.15) is 6.07 Å². The zero-order valence-corrected chi connectivity index (χ0v) is 15.3. The molecular formula is C18H23ClN4O2. The molecule has 2 amide bonds. The van der Waals surface area contributed by atoms with E-state index in [1.807, 2.05) is 24.8 Å². The molecule has 1 aromatic carbocycles. The Morgan fingerprint density at radius 2 is 2.04 bits per heavy atom. The van der Waals surface area contributed by atoms with E-state index in [-0.39, 0.29) is 30.3 Å². The number of likely N-dealkylation sites (tertiary alicyclic amines) is 1. The van der Waals surface area contributed by atoms with E-state index < -0.39 is 0 Å². The molecule has 7 heteroatoms. The molecule has 6 nitrogen and oxygen atoms in total. The standard InChI is InChI=1S/C18H23ClN4O2/c1-12(2)21-18(25)13-5-7-23(8-6-13)11-17(24)22-15-4-3-14(10-20)16(19)9-15/h3-4,9,12-13H,5-8,11H2,1-2H3,(H,21,25)(H,22,24). The molecular weight excluding hydrogens is 340 g/mol. The van der Waals surface area contributed by atoms with E-state index in [9.17, 15) is 9.59 Å². The molecule has 1 aliphatic heterocycles. The first-order valence-electron chi connectivity index (χ1n) is 8.41. The molecule has 1 saturated heterocycles. The van der Waals surface area contributed by atoms with Gasteiger partial charge in [-0.1, -0.05) is 11.6 Å². The van der Waals surface area contributed by atoms with Crippen LogP contribution in [0.4, 0.5) is 5.69 Å². The summed E-state index contributed by atoms with van der Waals surface area (Å²) in [7, 11) is 0. The number of nitrogens with one attached hydrogen (secondary N) is 2. The van der Waals surface area contributed by atoms with Crippen molar-refractivity contribution < 1.29 is 9.59 Å². The highest BCUT2D eigenvalue weighted by molar-refractivity contribution is 6.32. The number of rotatable bonds is 5. The number of amides is 2. The van der Waals surface area contributed by atoms with E-state index >= 15 is 0 Å². The van der Waals surface area contributed by atoms with Gasteiger partial charge in [0.25, 0.3) is 0 Å². The summed E-state index contributed by atoms with van der Waals surface area (Å²) >= 11 is 5.96. The van der Waals surface area contributed by atoms with E-state index in [4.69, 9.17) is 16.9 Å². The topological polar surface area (TPSA) is 85.2 Å². The number of carbonyl (C=O) groups is 2. The fourth-order valence-corrected chi connectivity index (χ4v) is 3.07. The minimum Gasteiger partial charge on any atom is -0.354 e. The Labute approximate surface area is 153 Å². The summed E-state index contributed by atoms with van der Waals surface area (Å²) in [5.41, 5.74) is 0.946. The van der Waals surface area contributed by atoms with Crippen molar-refractivity contribution in [3.63, 3.8) is 0 Å². The molecule has 25 heavy (non-hydrogen) atoms. The van der Waals surface area contributed by atoms with Gasteiger partial charge in [0.15, 0.2) is 0 Å². The molecule has 0 atom stereocenters. The maximum atomic E-state index is 12.2. The van der Waals surface area contributed by atoms with Gasteiger partial charge in [0.2, 0.25) is 11.8 Å². The number of benzene rings is 1. The fraction of sp³-hybridized carbons (Fsp3) is 0.500. The minimum atomic E-state index is -0.133. The van der Waals surface area contributed by atoms with Gasteiger partial charge in [-0.3, -0.25) is 14.5 Å². The fourth-order valence-electron chi connectivity index (χ4n) is 2.84. The molecule has 134 valence electrons. The van der Waals surface area contributed by atoms with Gasteiger partial charge in [0, 0.05) is 17.6 Å². The Bertz CT molecular complexity index is 676. The molecule has 1 aliphatic rings. The van der Waals surface area contributed by atoms with Crippen molar-refractivity contribution in [2.75, 3.05) is 25.0 Å². The number of halogens is 1. The average molecular weight is 363 g/mol. The quantitative estimate of drug-likeness (QED) is 0.842. The zero-order chi connectivity index (χ0) is 18.4. The van der Waals surface area contributed by atoms with Gasteiger partial charge in [0.05, 0.1) is 17.1 Å². The molecule has 1 fully saturated rings. The van der Waals surface area contributed by atoms with Crippen molar-refractivity contribution in [2.24, 2.45) is 5.92 Å². The lowest BCUT2D eigenvalue weighted by Crippen LogP contribution is -2.44. The zero-order valence-electron chi connectivity index (χ0n) is 14.5. The van der Waals surface area contributed by atoms with Crippen LogP contribution in [0.3, 0.4) is 0 Å². The first-order chi connectivity index (χ1) is 11.9. The predicted octanol–water partition coefficient (Wildman–Crippen LogP) is 2.39. The summed E-state index contributed by atoms with van der Waals surface area (Å²) < 4.78 is 0. The highest BCUT2D eigenvalue weighted by Crippen LogP contribution is 2.21. The van der Waals surface area contributed by atoms with E-state index in [1.165, 1.54) is 0 Å². The Hall–Kier alpha value is -2.10. The van der Waals surface area contributed by atoms with Crippen LogP contribution in [0.15, 0.2) is 18.2 Å². The third kappa shape index (κ3) is 5.73. The first-order valence-corrected chi connectivity index (χ1v) is 8.79. The van der Waals surface area contributed by atoms with Gasteiger partial charge < -0.3 is 10.6 Å². The predicted molar refractivity (Wildman–Crippen MR) is 97.2 cm³/mol. The maximum Gasteiger partial charge on any atom is 0.238 e. The minimum absolute atomic E-state index is 0.0269. The van der Waals surface area contributed by atoms with Crippen LogP contribution in [0.25, 0.3) is 0 Å². The van der Waals surface area contributed by atoms with Crippen molar-refractivity contribution in [1.29, 1.82) is 5.26 Å². The van der Waals surface area contributed by atoms with Crippen molar-refractivity contribution in [3.05, 3.63) is 28.8 Å². The molecule has 1 heterocycles. The second-order valence-corrected chi connectivity index (χ2v) is 6.98. The molecule has 0 radical (unpaired) electrons. The molecule has 0 aromatic heterocycles. The molecule has 2 rings (SSSR count). The summed E-state index contributed by atoms with van der Waals surface area (Å²) in [5, 5.41) is 14.9. The average Bonchev–Trinajstić information content (AvgIpc) is 2.55. The monoisotopic (exact) mass is 362 g/mol. The van der Waals surface area contributed by atoms with E-state index in [0.717, 1.165) is 25.9 Å².